The van der Waals surface area contributed by atoms with Crippen LogP contribution in [0.2, 0.25) is 0 Å². The lowest BCUT2D eigenvalue weighted by Gasteiger charge is -2.32. The minimum absolute atomic E-state index is 0.0294. The van der Waals surface area contributed by atoms with Crippen molar-refractivity contribution in [2.24, 2.45) is 0 Å². The van der Waals surface area contributed by atoms with Gasteiger partial charge in [0, 0.05) is 43.5 Å². The van der Waals surface area contributed by atoms with Crippen LogP contribution >= 0.6 is 0 Å². The van der Waals surface area contributed by atoms with Gasteiger partial charge >= 0.3 is 0 Å². The van der Waals surface area contributed by atoms with Gasteiger partial charge in [-0.1, -0.05) is 42.8 Å². The van der Waals surface area contributed by atoms with Gasteiger partial charge in [-0.05, 0) is 43.5 Å². The van der Waals surface area contributed by atoms with E-state index in [2.05, 4.69) is 5.10 Å². The van der Waals surface area contributed by atoms with Crippen molar-refractivity contribution in [3.8, 4) is 0 Å². The molecule has 1 fully saturated rings. The lowest BCUT2D eigenvalue weighted by atomic mass is 10.1. The number of carbonyl (C=O) groups excluding carboxylic acids is 1. The Bertz CT molecular complexity index is 1210. The second kappa shape index (κ2) is 9.89. The van der Waals surface area contributed by atoms with Crippen LogP contribution in [0.25, 0.3) is 0 Å². The van der Waals surface area contributed by atoms with Crippen LogP contribution in [0.15, 0.2) is 71.9 Å². The molecule has 1 atom stereocenters. The molecule has 33 heavy (non-hydrogen) atoms. The number of aromatic nitrogens is 2. The predicted octanol–water partition coefficient (Wildman–Crippen LogP) is 3.77. The van der Waals surface area contributed by atoms with E-state index in [1.807, 2.05) is 48.1 Å². The molecule has 0 saturated carbocycles. The monoisotopic (exact) mass is 466 g/mol. The summed E-state index contributed by atoms with van der Waals surface area (Å²) in [6, 6.07) is 16.4. The molecule has 0 aliphatic carbocycles. The molecule has 4 rings (SSSR count). The quantitative estimate of drug-likeness (QED) is 0.531. The second-order valence-corrected chi connectivity index (χ2v) is 10.6. The average molecular weight is 467 g/mol. The molecule has 2 heterocycles. The highest BCUT2D eigenvalue weighted by molar-refractivity contribution is 7.89. The van der Waals surface area contributed by atoms with Crippen molar-refractivity contribution < 1.29 is 13.2 Å². The summed E-state index contributed by atoms with van der Waals surface area (Å²) in [7, 11) is -1.92. The zero-order chi connectivity index (χ0) is 23.4. The lowest BCUT2D eigenvalue weighted by molar-refractivity contribution is 0.0785. The van der Waals surface area contributed by atoms with Crippen molar-refractivity contribution >= 4 is 15.9 Å². The molecule has 1 aliphatic heterocycles. The molecule has 0 bridgehead atoms. The predicted molar refractivity (Wildman–Crippen MR) is 127 cm³/mol. The fourth-order valence-electron chi connectivity index (χ4n) is 4.26. The van der Waals surface area contributed by atoms with Crippen molar-refractivity contribution in [2.75, 3.05) is 13.6 Å². The molecule has 7 nitrogen and oxygen atoms in total. The first-order valence-electron chi connectivity index (χ1n) is 11.3. The van der Waals surface area contributed by atoms with E-state index in [1.165, 1.54) is 6.07 Å². The number of hydrogen-bond acceptors (Lipinski definition) is 4. The van der Waals surface area contributed by atoms with E-state index in [-0.39, 0.29) is 16.8 Å². The van der Waals surface area contributed by atoms with Crippen molar-refractivity contribution in [1.82, 2.24) is 19.0 Å². The van der Waals surface area contributed by atoms with E-state index in [4.69, 9.17) is 0 Å². The summed E-state index contributed by atoms with van der Waals surface area (Å²) >= 11 is 0. The van der Waals surface area contributed by atoms with Crippen LogP contribution in [-0.4, -0.2) is 52.9 Å². The van der Waals surface area contributed by atoms with Crippen molar-refractivity contribution in [3.05, 3.63) is 83.7 Å². The first-order valence-corrected chi connectivity index (χ1v) is 12.7. The molecular formula is C25H30N4O3S. The number of piperidine rings is 1. The molecule has 1 aliphatic rings. The van der Waals surface area contributed by atoms with E-state index >= 15 is 0 Å². The molecule has 0 spiro atoms. The largest absolute Gasteiger partial charge is 0.337 e. The Morgan fingerprint density at radius 1 is 1.09 bits per heavy atom. The van der Waals surface area contributed by atoms with Gasteiger partial charge in [-0.3, -0.25) is 9.48 Å². The Kier molecular flexibility index (Phi) is 6.95. The van der Waals surface area contributed by atoms with Crippen LogP contribution in [0.4, 0.5) is 0 Å². The molecule has 3 aromatic rings. The summed E-state index contributed by atoms with van der Waals surface area (Å²) < 4.78 is 29.8. The maximum atomic E-state index is 13.2. The molecule has 2 aromatic carbocycles. The molecule has 1 amide bonds. The third-order valence-electron chi connectivity index (χ3n) is 6.07. The van der Waals surface area contributed by atoms with Crippen LogP contribution in [-0.2, 0) is 23.1 Å². The molecule has 0 N–H and O–H groups in total. The first kappa shape index (κ1) is 23.2. The van der Waals surface area contributed by atoms with E-state index in [9.17, 15) is 13.2 Å². The summed E-state index contributed by atoms with van der Waals surface area (Å²) in [5.41, 5.74) is 2.42. The van der Waals surface area contributed by atoms with Gasteiger partial charge in [-0.15, -0.1) is 0 Å². The van der Waals surface area contributed by atoms with Gasteiger partial charge in [0.25, 0.3) is 5.91 Å². The second-order valence-electron chi connectivity index (χ2n) is 8.68. The highest BCUT2D eigenvalue weighted by Crippen LogP contribution is 2.26. The molecule has 8 heteroatoms. The van der Waals surface area contributed by atoms with Crippen molar-refractivity contribution in [2.45, 2.75) is 50.2 Å². The highest BCUT2D eigenvalue weighted by atomic mass is 32.2. The Balaban J connectivity index is 1.45. The van der Waals surface area contributed by atoms with Gasteiger partial charge in [0.15, 0.2) is 0 Å². The van der Waals surface area contributed by atoms with Gasteiger partial charge in [0.2, 0.25) is 10.0 Å². The molecule has 1 saturated heterocycles. The minimum Gasteiger partial charge on any atom is -0.337 e. The number of amides is 1. The first-order chi connectivity index (χ1) is 15.8. The van der Waals surface area contributed by atoms with Crippen LogP contribution in [0.5, 0.6) is 0 Å². The maximum Gasteiger partial charge on any atom is 0.253 e. The Morgan fingerprint density at radius 2 is 1.88 bits per heavy atom. The minimum atomic E-state index is -3.63. The Hall–Kier alpha value is -2.97. The van der Waals surface area contributed by atoms with Crippen LogP contribution in [0, 0.1) is 0 Å². The number of sulfonamides is 1. The SMILES string of the molecule is C[C@H]1CCCCN1S(=O)(=O)c1cccc(C(=O)N(C)Cc2cnn(Cc3ccccc3)c2)c1. The van der Waals surface area contributed by atoms with Crippen LogP contribution < -0.4 is 0 Å². The number of rotatable bonds is 7. The molecular weight excluding hydrogens is 436 g/mol. The topological polar surface area (TPSA) is 75.5 Å². The summed E-state index contributed by atoms with van der Waals surface area (Å²) in [4.78, 5) is 14.8. The smallest absolute Gasteiger partial charge is 0.253 e. The van der Waals surface area contributed by atoms with Crippen molar-refractivity contribution in [1.29, 1.82) is 0 Å². The van der Waals surface area contributed by atoms with Crippen molar-refractivity contribution in [3.63, 3.8) is 0 Å². The van der Waals surface area contributed by atoms with Crippen LogP contribution in [0.1, 0.15) is 47.7 Å². The van der Waals surface area contributed by atoms with E-state index in [0.29, 0.717) is 25.2 Å². The van der Waals surface area contributed by atoms with Crippen LogP contribution in [0.3, 0.4) is 0 Å². The molecule has 174 valence electrons. The van der Waals surface area contributed by atoms with Gasteiger partial charge in [0.05, 0.1) is 17.6 Å². The maximum absolute atomic E-state index is 13.2. The highest BCUT2D eigenvalue weighted by Gasteiger charge is 2.31. The number of benzene rings is 2. The third-order valence-corrected chi connectivity index (χ3v) is 8.08. The lowest BCUT2D eigenvalue weighted by Crippen LogP contribution is -2.42. The molecule has 1 aromatic heterocycles. The Morgan fingerprint density at radius 3 is 2.64 bits per heavy atom. The fourth-order valence-corrected chi connectivity index (χ4v) is 6.01. The Labute approximate surface area is 195 Å². The van der Waals surface area contributed by atoms with E-state index < -0.39 is 10.0 Å². The zero-order valence-corrected chi connectivity index (χ0v) is 19.9. The standard InChI is InChI=1S/C25H30N4O3S/c1-20-9-6-7-14-29(20)33(31,32)24-13-8-12-23(15-24)25(30)27(2)17-22-16-26-28(19-22)18-21-10-4-3-5-11-21/h3-5,8,10-13,15-16,19-20H,6-7,9,14,17-18H2,1-2H3/t20-/m0/s1. The summed E-state index contributed by atoms with van der Waals surface area (Å²) in [5.74, 6) is -0.227. The van der Waals surface area contributed by atoms with Gasteiger partial charge in [-0.2, -0.15) is 9.40 Å². The number of nitrogens with zero attached hydrogens (tertiary/aromatic N) is 4. The van der Waals surface area contributed by atoms with E-state index in [1.54, 1.807) is 40.6 Å². The summed E-state index contributed by atoms with van der Waals surface area (Å²) in [5, 5.41) is 4.40. The zero-order valence-electron chi connectivity index (χ0n) is 19.1. The molecule has 0 radical (unpaired) electrons. The molecule has 0 unspecified atom stereocenters. The number of carbonyl (C=O) groups is 1. The average Bonchev–Trinajstić information content (AvgIpc) is 3.26. The summed E-state index contributed by atoms with van der Waals surface area (Å²) in [6.45, 7) is 3.51. The van der Waals surface area contributed by atoms with Gasteiger partial charge in [0.1, 0.15) is 0 Å². The van der Waals surface area contributed by atoms with Gasteiger partial charge in [-0.25, -0.2) is 8.42 Å². The summed E-state index contributed by atoms with van der Waals surface area (Å²) in [6.07, 6.45) is 6.45. The van der Waals surface area contributed by atoms with Gasteiger partial charge < -0.3 is 4.90 Å². The fraction of sp³-hybridized carbons (Fsp3) is 0.360. The van der Waals surface area contributed by atoms with E-state index in [0.717, 1.165) is 30.4 Å². The number of hydrogen-bond donors (Lipinski definition) is 0. The normalized spacial score (nSPS) is 17.1. The third kappa shape index (κ3) is 5.34.